The molecule has 0 aromatic heterocycles. The lowest BCUT2D eigenvalue weighted by Gasteiger charge is -2.10. The summed E-state index contributed by atoms with van der Waals surface area (Å²) in [6, 6.07) is 21.5. The van der Waals surface area contributed by atoms with E-state index < -0.39 is 5.97 Å². The predicted molar refractivity (Wildman–Crippen MR) is 102 cm³/mol. The van der Waals surface area contributed by atoms with Gasteiger partial charge in [-0.05, 0) is 42.8 Å². The van der Waals surface area contributed by atoms with Crippen LogP contribution in [0.3, 0.4) is 0 Å². The van der Waals surface area contributed by atoms with E-state index >= 15 is 0 Å². The first-order valence-electron chi connectivity index (χ1n) is 8.53. The van der Waals surface area contributed by atoms with Crippen LogP contribution in [-0.2, 0) is 0 Å². The predicted octanol–water partition coefficient (Wildman–Crippen LogP) is 4.83. The number of carbonyl (C=O) groups is 2. The van der Waals surface area contributed by atoms with Crippen molar-refractivity contribution >= 4 is 17.8 Å². The standard InChI is InChI=1S/C23H16O4/c1-15-19(27-23(25)17-10-6-3-7-11-17)13-12-18-21(24)20(26-22(15)18)14-16-8-4-2-5-9-16/h2-14H,1H3/b20-14-. The van der Waals surface area contributed by atoms with Gasteiger partial charge in [0, 0.05) is 5.56 Å². The second-order valence-corrected chi connectivity index (χ2v) is 6.17. The largest absolute Gasteiger partial charge is 0.452 e. The number of allylic oxidation sites excluding steroid dienone is 1. The number of Topliss-reactive ketones (excluding diaryl/α,β-unsaturated/α-hetero) is 1. The Hall–Kier alpha value is -3.66. The summed E-state index contributed by atoms with van der Waals surface area (Å²) in [4.78, 5) is 24.9. The molecule has 0 spiro atoms. The van der Waals surface area contributed by atoms with Gasteiger partial charge in [0.1, 0.15) is 11.5 Å². The van der Waals surface area contributed by atoms with E-state index in [-0.39, 0.29) is 11.5 Å². The Morgan fingerprint density at radius 2 is 1.59 bits per heavy atom. The highest BCUT2D eigenvalue weighted by Crippen LogP contribution is 2.39. The van der Waals surface area contributed by atoms with Crippen molar-refractivity contribution < 1.29 is 19.1 Å². The highest BCUT2D eigenvalue weighted by atomic mass is 16.5. The minimum Gasteiger partial charge on any atom is -0.452 e. The normalized spacial score (nSPS) is 14.0. The smallest absolute Gasteiger partial charge is 0.343 e. The van der Waals surface area contributed by atoms with Crippen LogP contribution in [0.1, 0.15) is 31.8 Å². The third-order valence-corrected chi connectivity index (χ3v) is 4.35. The maximum Gasteiger partial charge on any atom is 0.343 e. The van der Waals surface area contributed by atoms with Gasteiger partial charge in [0.05, 0.1) is 11.1 Å². The van der Waals surface area contributed by atoms with Gasteiger partial charge in [-0.2, -0.15) is 0 Å². The van der Waals surface area contributed by atoms with Crippen LogP contribution in [0.2, 0.25) is 0 Å². The lowest BCUT2D eigenvalue weighted by molar-refractivity contribution is 0.0733. The van der Waals surface area contributed by atoms with Crippen molar-refractivity contribution in [1.29, 1.82) is 0 Å². The molecule has 3 aromatic rings. The lowest BCUT2D eigenvalue weighted by atomic mass is 10.1. The van der Waals surface area contributed by atoms with Crippen LogP contribution < -0.4 is 9.47 Å². The van der Waals surface area contributed by atoms with Crippen LogP contribution in [-0.4, -0.2) is 11.8 Å². The lowest BCUT2D eigenvalue weighted by Crippen LogP contribution is -2.09. The van der Waals surface area contributed by atoms with E-state index in [0.29, 0.717) is 28.2 Å². The molecule has 132 valence electrons. The van der Waals surface area contributed by atoms with Crippen LogP contribution in [0.15, 0.2) is 78.6 Å². The van der Waals surface area contributed by atoms with Crippen molar-refractivity contribution in [2.24, 2.45) is 0 Å². The first-order chi connectivity index (χ1) is 13.1. The molecule has 4 nitrogen and oxygen atoms in total. The van der Waals surface area contributed by atoms with Gasteiger partial charge in [-0.1, -0.05) is 48.5 Å². The highest BCUT2D eigenvalue weighted by Gasteiger charge is 2.30. The monoisotopic (exact) mass is 356 g/mol. The second-order valence-electron chi connectivity index (χ2n) is 6.17. The Morgan fingerprint density at radius 3 is 2.30 bits per heavy atom. The van der Waals surface area contributed by atoms with E-state index in [4.69, 9.17) is 9.47 Å². The molecule has 0 atom stereocenters. The molecule has 1 aliphatic heterocycles. The molecule has 0 amide bonds. The zero-order chi connectivity index (χ0) is 18.8. The van der Waals surface area contributed by atoms with Crippen LogP contribution in [0.5, 0.6) is 11.5 Å². The Labute approximate surface area is 156 Å². The van der Waals surface area contributed by atoms with Crippen LogP contribution >= 0.6 is 0 Å². The molecule has 0 bridgehead atoms. The molecule has 1 heterocycles. The van der Waals surface area contributed by atoms with Gasteiger partial charge in [0.15, 0.2) is 5.76 Å². The minimum atomic E-state index is -0.456. The fourth-order valence-electron chi connectivity index (χ4n) is 2.91. The van der Waals surface area contributed by atoms with Crippen LogP contribution in [0.25, 0.3) is 6.08 Å². The zero-order valence-corrected chi connectivity index (χ0v) is 14.6. The summed E-state index contributed by atoms with van der Waals surface area (Å²) < 4.78 is 11.3. The summed E-state index contributed by atoms with van der Waals surface area (Å²) in [7, 11) is 0. The molecule has 0 saturated heterocycles. The first-order valence-corrected chi connectivity index (χ1v) is 8.53. The summed E-state index contributed by atoms with van der Waals surface area (Å²) in [6.45, 7) is 1.77. The van der Waals surface area contributed by atoms with E-state index in [9.17, 15) is 9.59 Å². The second kappa shape index (κ2) is 6.92. The van der Waals surface area contributed by atoms with Gasteiger partial charge in [-0.15, -0.1) is 0 Å². The number of ether oxygens (including phenoxy) is 2. The minimum absolute atomic E-state index is 0.183. The Kier molecular flexibility index (Phi) is 4.30. The molecule has 3 aromatic carbocycles. The molecule has 1 aliphatic rings. The molecule has 0 unspecified atom stereocenters. The molecule has 0 N–H and O–H groups in total. The molecule has 0 aliphatic carbocycles. The molecule has 4 rings (SSSR count). The number of carbonyl (C=O) groups excluding carboxylic acids is 2. The highest BCUT2D eigenvalue weighted by molar-refractivity contribution is 6.15. The third-order valence-electron chi connectivity index (χ3n) is 4.35. The topological polar surface area (TPSA) is 52.6 Å². The zero-order valence-electron chi connectivity index (χ0n) is 14.6. The van der Waals surface area contributed by atoms with Crippen molar-refractivity contribution in [3.63, 3.8) is 0 Å². The maximum atomic E-state index is 12.6. The molecule has 27 heavy (non-hydrogen) atoms. The number of fused-ring (bicyclic) bond motifs is 1. The van der Waals surface area contributed by atoms with Crippen molar-refractivity contribution in [2.45, 2.75) is 6.92 Å². The average molecular weight is 356 g/mol. The average Bonchev–Trinajstić information content (AvgIpc) is 3.02. The quantitative estimate of drug-likeness (QED) is 0.383. The number of hydrogen-bond donors (Lipinski definition) is 0. The fraction of sp³-hybridized carbons (Fsp3) is 0.0435. The Morgan fingerprint density at radius 1 is 0.926 bits per heavy atom. The van der Waals surface area contributed by atoms with Gasteiger partial charge in [-0.25, -0.2) is 4.79 Å². The van der Waals surface area contributed by atoms with Gasteiger partial charge in [-0.3, -0.25) is 4.79 Å². The Balaban J connectivity index is 1.63. The van der Waals surface area contributed by atoms with E-state index in [2.05, 4.69) is 0 Å². The molecular formula is C23H16O4. The molecule has 0 fully saturated rings. The third kappa shape index (κ3) is 3.25. The Bertz CT molecular complexity index is 1050. The van der Waals surface area contributed by atoms with E-state index in [1.54, 1.807) is 49.4 Å². The van der Waals surface area contributed by atoms with Gasteiger partial charge in [0.25, 0.3) is 0 Å². The summed E-state index contributed by atoms with van der Waals surface area (Å²) in [5.41, 5.74) is 2.41. The number of ketones is 1. The van der Waals surface area contributed by atoms with Crippen molar-refractivity contribution in [3.8, 4) is 11.5 Å². The van der Waals surface area contributed by atoms with Crippen LogP contribution in [0, 0.1) is 6.92 Å². The molecule has 0 radical (unpaired) electrons. The van der Waals surface area contributed by atoms with Crippen molar-refractivity contribution in [2.75, 3.05) is 0 Å². The fourth-order valence-corrected chi connectivity index (χ4v) is 2.91. The summed E-state index contributed by atoms with van der Waals surface area (Å²) >= 11 is 0. The van der Waals surface area contributed by atoms with E-state index in [0.717, 1.165) is 5.56 Å². The number of rotatable bonds is 3. The van der Waals surface area contributed by atoms with Crippen LogP contribution in [0.4, 0.5) is 0 Å². The molecule has 4 heteroatoms. The van der Waals surface area contributed by atoms with E-state index in [1.165, 1.54) is 0 Å². The summed E-state index contributed by atoms with van der Waals surface area (Å²) in [5, 5.41) is 0. The summed E-state index contributed by atoms with van der Waals surface area (Å²) in [6.07, 6.45) is 1.71. The molecule has 0 saturated carbocycles. The van der Waals surface area contributed by atoms with Gasteiger partial charge in [0.2, 0.25) is 5.78 Å². The number of esters is 1. The van der Waals surface area contributed by atoms with Gasteiger partial charge >= 0.3 is 5.97 Å². The van der Waals surface area contributed by atoms with Crippen molar-refractivity contribution in [3.05, 3.63) is 101 Å². The maximum absolute atomic E-state index is 12.6. The first kappa shape index (κ1) is 16.8. The molecular weight excluding hydrogens is 340 g/mol. The SMILES string of the molecule is Cc1c(OC(=O)c2ccccc2)ccc2c1O/C(=C\c1ccccc1)C2=O. The number of benzene rings is 3. The summed E-state index contributed by atoms with van der Waals surface area (Å²) in [5.74, 6) is 0.420. The van der Waals surface area contributed by atoms with Crippen molar-refractivity contribution in [1.82, 2.24) is 0 Å². The number of hydrogen-bond acceptors (Lipinski definition) is 4. The van der Waals surface area contributed by atoms with E-state index in [1.807, 2.05) is 36.4 Å². The van der Waals surface area contributed by atoms with Gasteiger partial charge < -0.3 is 9.47 Å².